The van der Waals surface area contributed by atoms with Gasteiger partial charge >= 0.3 is 132 Å². The van der Waals surface area contributed by atoms with Gasteiger partial charge in [-0.1, -0.05) is 0 Å². The standard InChI is InChI=1S/C14H13N5SSe/c1-8-7-20-14-16-9(2)12(19(8)14)6-15-10-4-3-5-11-13(10)18-21-17-11/h3-5,7,15H,6H2,1-2H3. The molecule has 3 heterocycles. The van der Waals surface area contributed by atoms with Crippen molar-refractivity contribution in [2.75, 3.05) is 5.32 Å². The van der Waals surface area contributed by atoms with Crippen LogP contribution in [0.1, 0.15) is 17.1 Å². The van der Waals surface area contributed by atoms with Crippen LogP contribution in [-0.4, -0.2) is 32.3 Å². The number of imidazole rings is 1. The molecule has 0 unspecified atom stereocenters. The summed E-state index contributed by atoms with van der Waals surface area (Å²) < 4.78 is 11.1. The number of fused-ring (bicyclic) bond motifs is 2. The Morgan fingerprint density at radius 3 is 3.10 bits per heavy atom. The number of benzene rings is 1. The van der Waals surface area contributed by atoms with Gasteiger partial charge in [-0.3, -0.25) is 0 Å². The van der Waals surface area contributed by atoms with E-state index in [4.69, 9.17) is 0 Å². The van der Waals surface area contributed by atoms with Crippen LogP contribution in [0.5, 0.6) is 0 Å². The summed E-state index contributed by atoms with van der Waals surface area (Å²) in [4.78, 5) is 5.68. The van der Waals surface area contributed by atoms with Crippen molar-refractivity contribution in [1.29, 1.82) is 0 Å². The van der Waals surface area contributed by atoms with E-state index in [1.165, 1.54) is 11.4 Å². The van der Waals surface area contributed by atoms with E-state index in [0.717, 1.165) is 33.9 Å². The van der Waals surface area contributed by atoms with Crippen molar-refractivity contribution in [1.82, 2.24) is 17.3 Å². The number of aromatic nitrogens is 4. The van der Waals surface area contributed by atoms with Crippen molar-refractivity contribution >= 4 is 48.0 Å². The van der Waals surface area contributed by atoms with Gasteiger partial charge in [0.25, 0.3) is 0 Å². The molecule has 1 aromatic carbocycles. The van der Waals surface area contributed by atoms with Crippen molar-refractivity contribution in [2.45, 2.75) is 20.4 Å². The molecular weight excluding hydrogens is 349 g/mol. The van der Waals surface area contributed by atoms with E-state index in [1.807, 2.05) is 12.1 Å². The molecule has 3 aromatic heterocycles. The van der Waals surface area contributed by atoms with Crippen molar-refractivity contribution in [3.63, 3.8) is 0 Å². The Labute approximate surface area is 131 Å². The van der Waals surface area contributed by atoms with Crippen LogP contribution < -0.4 is 5.32 Å². The van der Waals surface area contributed by atoms with Gasteiger partial charge in [-0.2, -0.15) is 0 Å². The predicted molar refractivity (Wildman–Crippen MR) is 86.3 cm³/mol. The zero-order valence-electron chi connectivity index (χ0n) is 11.6. The van der Waals surface area contributed by atoms with Gasteiger partial charge in [-0.25, -0.2) is 0 Å². The van der Waals surface area contributed by atoms with Crippen LogP contribution in [0.3, 0.4) is 0 Å². The Bertz CT molecular complexity index is 935. The zero-order chi connectivity index (χ0) is 14.4. The molecule has 0 spiro atoms. The molecule has 0 aliphatic rings. The monoisotopic (exact) mass is 363 g/mol. The number of nitrogens with zero attached hydrogens (tertiary/aromatic N) is 4. The Hall–Kier alpha value is -1.69. The third-order valence-corrected chi connectivity index (χ3v) is 5.64. The fraction of sp³-hybridized carbons (Fsp3) is 0.214. The van der Waals surface area contributed by atoms with Crippen LogP contribution in [0.2, 0.25) is 0 Å². The van der Waals surface area contributed by atoms with Crippen molar-refractivity contribution in [2.24, 2.45) is 0 Å². The van der Waals surface area contributed by atoms with Crippen LogP contribution in [0, 0.1) is 13.8 Å². The summed E-state index contributed by atoms with van der Waals surface area (Å²) in [7, 11) is 0. The van der Waals surface area contributed by atoms with E-state index in [0.29, 0.717) is 0 Å². The van der Waals surface area contributed by atoms with Crippen LogP contribution in [0.15, 0.2) is 23.6 Å². The Morgan fingerprint density at radius 1 is 1.29 bits per heavy atom. The molecule has 0 bridgehead atoms. The first kappa shape index (κ1) is 13.0. The quantitative estimate of drug-likeness (QED) is 0.570. The predicted octanol–water partition coefficient (Wildman–Crippen LogP) is 2.62. The van der Waals surface area contributed by atoms with Gasteiger partial charge in [0.05, 0.1) is 0 Å². The van der Waals surface area contributed by atoms with Gasteiger partial charge in [0.1, 0.15) is 0 Å². The number of hydrogen-bond acceptors (Lipinski definition) is 5. The minimum atomic E-state index is 0.00383. The SMILES string of the molecule is Cc1nc2scc(C)n2c1CNc1cccc2n[se]nc12. The van der Waals surface area contributed by atoms with Crippen molar-refractivity contribution in [3.05, 3.63) is 40.7 Å². The van der Waals surface area contributed by atoms with Gasteiger partial charge < -0.3 is 0 Å². The van der Waals surface area contributed by atoms with E-state index < -0.39 is 0 Å². The molecule has 0 aliphatic heterocycles. The van der Waals surface area contributed by atoms with E-state index >= 15 is 0 Å². The summed E-state index contributed by atoms with van der Waals surface area (Å²) in [5, 5.41) is 5.64. The first-order chi connectivity index (χ1) is 10.2. The molecule has 0 fully saturated rings. The summed E-state index contributed by atoms with van der Waals surface area (Å²) in [6, 6.07) is 6.10. The van der Waals surface area contributed by atoms with E-state index in [-0.39, 0.29) is 15.0 Å². The maximum absolute atomic E-state index is 4.62. The number of rotatable bonds is 3. The zero-order valence-corrected chi connectivity index (χ0v) is 14.2. The molecule has 5 nitrogen and oxygen atoms in total. The molecule has 106 valence electrons. The van der Waals surface area contributed by atoms with Crippen LogP contribution in [0.4, 0.5) is 5.69 Å². The second kappa shape index (κ2) is 4.94. The first-order valence-corrected chi connectivity index (χ1v) is 9.02. The van der Waals surface area contributed by atoms with Crippen LogP contribution in [0.25, 0.3) is 16.0 Å². The molecule has 7 heteroatoms. The number of anilines is 1. The van der Waals surface area contributed by atoms with Gasteiger partial charge in [-0.05, 0) is 0 Å². The molecule has 0 radical (unpaired) electrons. The molecule has 0 aliphatic carbocycles. The van der Waals surface area contributed by atoms with Gasteiger partial charge in [0.15, 0.2) is 0 Å². The Kier molecular flexibility index (Phi) is 3.06. The second-order valence-electron chi connectivity index (χ2n) is 4.93. The number of nitrogens with one attached hydrogen (secondary N) is 1. The number of aryl methyl sites for hydroxylation is 2. The number of hydrogen-bond donors (Lipinski definition) is 1. The van der Waals surface area contributed by atoms with Crippen LogP contribution in [-0.2, 0) is 6.54 Å². The topological polar surface area (TPSA) is 55.1 Å². The minimum absolute atomic E-state index is 0.00383. The third kappa shape index (κ3) is 2.09. The molecule has 21 heavy (non-hydrogen) atoms. The summed E-state index contributed by atoms with van der Waals surface area (Å²) in [6.07, 6.45) is 0. The third-order valence-electron chi connectivity index (χ3n) is 3.56. The molecule has 0 saturated carbocycles. The summed E-state index contributed by atoms with van der Waals surface area (Å²) >= 11 is 1.69. The van der Waals surface area contributed by atoms with E-state index in [2.05, 4.69) is 48.0 Å². The summed E-state index contributed by atoms with van der Waals surface area (Å²) in [5.74, 6) is 0. The van der Waals surface area contributed by atoms with E-state index in [9.17, 15) is 0 Å². The molecule has 0 amide bonds. The van der Waals surface area contributed by atoms with E-state index in [1.54, 1.807) is 11.3 Å². The molecule has 0 atom stereocenters. The van der Waals surface area contributed by atoms with Crippen molar-refractivity contribution < 1.29 is 0 Å². The fourth-order valence-electron chi connectivity index (χ4n) is 2.50. The Balaban J connectivity index is 1.71. The molecule has 0 saturated heterocycles. The molecule has 4 rings (SSSR count). The number of thiazole rings is 1. The first-order valence-electron chi connectivity index (χ1n) is 6.61. The maximum atomic E-state index is 4.62. The average molecular weight is 362 g/mol. The van der Waals surface area contributed by atoms with Crippen LogP contribution >= 0.6 is 11.3 Å². The summed E-state index contributed by atoms with van der Waals surface area (Å²) in [6.45, 7) is 4.92. The molecule has 4 aromatic rings. The molecular formula is C14H13N5SSe. The normalized spacial score (nSPS) is 11.5. The van der Waals surface area contributed by atoms with Gasteiger partial charge in [0.2, 0.25) is 0 Å². The molecule has 1 N–H and O–H groups in total. The summed E-state index contributed by atoms with van der Waals surface area (Å²) in [5.41, 5.74) is 6.57. The van der Waals surface area contributed by atoms with Gasteiger partial charge in [-0.15, -0.1) is 0 Å². The van der Waals surface area contributed by atoms with Gasteiger partial charge in [0, 0.05) is 0 Å². The second-order valence-corrected chi connectivity index (χ2v) is 6.88. The fourth-order valence-corrected chi connectivity index (χ4v) is 4.59. The Morgan fingerprint density at radius 2 is 2.19 bits per heavy atom. The van der Waals surface area contributed by atoms with Crippen molar-refractivity contribution in [3.8, 4) is 0 Å². The average Bonchev–Trinajstić information content (AvgIpc) is 3.15.